The van der Waals surface area contributed by atoms with Crippen LogP contribution in [-0.2, 0) is 13.7 Å². The number of aryl methyl sites for hydroxylation is 1. The molecule has 1 heterocycles. The number of hydrogen-bond donors (Lipinski definition) is 0. The second-order valence-corrected chi connectivity index (χ2v) is 5.04. The molecule has 0 amide bonds. The molecule has 2 aromatic rings. The molecule has 0 atom stereocenters. The summed E-state index contributed by atoms with van der Waals surface area (Å²) >= 11 is 1.93. The van der Waals surface area contributed by atoms with E-state index in [9.17, 15) is 13.2 Å². The Labute approximate surface area is 126 Å². The summed E-state index contributed by atoms with van der Waals surface area (Å²) in [5, 5.41) is 3.99. The highest BCUT2D eigenvalue weighted by atomic mass is 127. The third-order valence-electron chi connectivity index (χ3n) is 2.36. The van der Waals surface area contributed by atoms with Gasteiger partial charge in [0.15, 0.2) is 0 Å². The number of alkyl halides is 3. The first-order valence-electron chi connectivity index (χ1n) is 5.51. The molecule has 0 saturated carbocycles. The molecule has 0 N–H and O–H groups in total. The fourth-order valence-electron chi connectivity index (χ4n) is 1.52. The Morgan fingerprint density at radius 3 is 2.65 bits per heavy atom. The van der Waals surface area contributed by atoms with Crippen LogP contribution in [0.2, 0.25) is 0 Å². The summed E-state index contributed by atoms with van der Waals surface area (Å²) < 4.78 is 48.5. The van der Waals surface area contributed by atoms with Crippen LogP contribution in [0.15, 0.2) is 30.5 Å². The Morgan fingerprint density at radius 2 is 2.05 bits per heavy atom. The topological polar surface area (TPSA) is 36.3 Å². The first-order valence-corrected chi connectivity index (χ1v) is 6.58. The summed E-state index contributed by atoms with van der Waals surface area (Å²) in [5.74, 6) is 0.0745. The minimum absolute atomic E-state index is 0.0540. The fourth-order valence-corrected chi connectivity index (χ4v) is 2.15. The largest absolute Gasteiger partial charge is 0.573 e. The van der Waals surface area contributed by atoms with E-state index in [2.05, 4.69) is 9.84 Å². The minimum atomic E-state index is -4.73. The van der Waals surface area contributed by atoms with Crippen LogP contribution in [-0.4, -0.2) is 16.1 Å². The molecule has 4 nitrogen and oxygen atoms in total. The lowest BCUT2D eigenvalue weighted by Crippen LogP contribution is -2.18. The van der Waals surface area contributed by atoms with E-state index in [0.29, 0.717) is 15.0 Å². The van der Waals surface area contributed by atoms with E-state index in [1.54, 1.807) is 30.1 Å². The molecule has 0 saturated heterocycles. The Balaban J connectivity index is 2.17. The third kappa shape index (κ3) is 4.02. The van der Waals surface area contributed by atoms with E-state index in [-0.39, 0.29) is 12.4 Å². The van der Waals surface area contributed by atoms with Gasteiger partial charge < -0.3 is 9.47 Å². The Bertz CT molecular complexity index is 599. The maximum absolute atomic E-state index is 12.3. The standard InChI is InChI=1S/C12H10F3IN2O2/c1-18-6-5-11(17-18)19-7-8-9(16)3-2-4-10(8)20-12(13,14)15/h2-6H,7H2,1H3. The first kappa shape index (κ1) is 14.9. The van der Waals surface area contributed by atoms with Crippen LogP contribution < -0.4 is 9.47 Å². The Hall–Kier alpha value is -1.45. The zero-order valence-corrected chi connectivity index (χ0v) is 12.5. The lowest BCUT2D eigenvalue weighted by Gasteiger charge is -2.14. The average molecular weight is 398 g/mol. The van der Waals surface area contributed by atoms with Gasteiger partial charge in [-0.3, -0.25) is 4.68 Å². The normalized spacial score (nSPS) is 11.4. The number of aromatic nitrogens is 2. The molecule has 0 aliphatic rings. The monoisotopic (exact) mass is 398 g/mol. The van der Waals surface area contributed by atoms with Crippen LogP contribution >= 0.6 is 22.6 Å². The molecule has 0 fully saturated rings. The molecule has 2 rings (SSSR count). The van der Waals surface area contributed by atoms with Crippen LogP contribution in [0.1, 0.15) is 5.56 Å². The smallest absolute Gasteiger partial charge is 0.472 e. The van der Waals surface area contributed by atoms with Crippen molar-refractivity contribution in [3.63, 3.8) is 0 Å². The Kier molecular flexibility index (Phi) is 4.41. The van der Waals surface area contributed by atoms with Crippen molar-refractivity contribution in [3.8, 4) is 11.6 Å². The quantitative estimate of drug-likeness (QED) is 0.740. The third-order valence-corrected chi connectivity index (χ3v) is 3.37. The van der Waals surface area contributed by atoms with E-state index >= 15 is 0 Å². The summed E-state index contributed by atoms with van der Waals surface area (Å²) in [7, 11) is 1.72. The van der Waals surface area contributed by atoms with Crippen LogP contribution in [0.4, 0.5) is 13.2 Å². The molecule has 108 valence electrons. The Morgan fingerprint density at radius 1 is 1.30 bits per heavy atom. The summed E-state index contributed by atoms with van der Waals surface area (Å²) in [6.45, 7) is -0.0540. The minimum Gasteiger partial charge on any atom is -0.472 e. The van der Waals surface area contributed by atoms with Gasteiger partial charge in [0.1, 0.15) is 12.4 Å². The van der Waals surface area contributed by atoms with E-state index < -0.39 is 6.36 Å². The van der Waals surface area contributed by atoms with Gasteiger partial charge in [0.25, 0.3) is 0 Å². The predicted octanol–water partition coefficient (Wildman–Crippen LogP) is 3.50. The number of ether oxygens (including phenoxy) is 2. The second-order valence-electron chi connectivity index (χ2n) is 3.88. The molecule has 8 heteroatoms. The van der Waals surface area contributed by atoms with Crippen molar-refractivity contribution in [1.82, 2.24) is 9.78 Å². The first-order chi connectivity index (χ1) is 9.35. The van der Waals surface area contributed by atoms with E-state index in [1.807, 2.05) is 22.6 Å². The van der Waals surface area contributed by atoms with Crippen LogP contribution in [0.3, 0.4) is 0 Å². The molecular formula is C12H10F3IN2O2. The average Bonchev–Trinajstić information content (AvgIpc) is 2.72. The summed E-state index contributed by atoms with van der Waals surface area (Å²) in [4.78, 5) is 0. The zero-order valence-electron chi connectivity index (χ0n) is 10.3. The maximum atomic E-state index is 12.3. The zero-order chi connectivity index (χ0) is 14.8. The van der Waals surface area contributed by atoms with Gasteiger partial charge in [-0.25, -0.2) is 0 Å². The number of nitrogens with zero attached hydrogens (tertiary/aromatic N) is 2. The van der Waals surface area contributed by atoms with Crippen LogP contribution in [0, 0.1) is 3.57 Å². The van der Waals surface area contributed by atoms with Crippen molar-refractivity contribution in [2.45, 2.75) is 13.0 Å². The van der Waals surface area contributed by atoms with Crippen LogP contribution in [0.25, 0.3) is 0 Å². The highest BCUT2D eigenvalue weighted by molar-refractivity contribution is 14.1. The van der Waals surface area contributed by atoms with Crippen molar-refractivity contribution in [3.05, 3.63) is 39.6 Å². The highest BCUT2D eigenvalue weighted by Crippen LogP contribution is 2.30. The molecular weight excluding hydrogens is 388 g/mol. The predicted molar refractivity (Wildman–Crippen MR) is 73.4 cm³/mol. The number of halogens is 4. The van der Waals surface area contributed by atoms with Gasteiger partial charge in [0, 0.05) is 28.4 Å². The SMILES string of the molecule is Cn1ccc(OCc2c(I)cccc2OC(F)(F)F)n1. The molecule has 1 aromatic heterocycles. The molecule has 0 aliphatic carbocycles. The fraction of sp³-hybridized carbons (Fsp3) is 0.250. The second kappa shape index (κ2) is 5.90. The summed E-state index contributed by atoms with van der Waals surface area (Å²) in [6.07, 6.45) is -3.05. The van der Waals surface area contributed by atoms with Gasteiger partial charge in [0.05, 0.1) is 0 Å². The summed E-state index contributed by atoms with van der Waals surface area (Å²) in [5.41, 5.74) is 0.330. The van der Waals surface area contributed by atoms with Gasteiger partial charge >= 0.3 is 6.36 Å². The molecule has 0 spiro atoms. The van der Waals surface area contributed by atoms with Crippen molar-refractivity contribution >= 4 is 22.6 Å². The van der Waals surface area contributed by atoms with Crippen molar-refractivity contribution in [2.24, 2.45) is 7.05 Å². The number of benzene rings is 1. The van der Waals surface area contributed by atoms with Crippen molar-refractivity contribution < 1.29 is 22.6 Å². The van der Waals surface area contributed by atoms with E-state index in [0.717, 1.165) is 0 Å². The van der Waals surface area contributed by atoms with Crippen molar-refractivity contribution in [2.75, 3.05) is 0 Å². The molecule has 0 aliphatic heterocycles. The van der Waals surface area contributed by atoms with Gasteiger partial charge in [-0.1, -0.05) is 6.07 Å². The van der Waals surface area contributed by atoms with Crippen molar-refractivity contribution in [1.29, 1.82) is 0 Å². The van der Waals surface area contributed by atoms with Gasteiger partial charge in [-0.05, 0) is 34.7 Å². The lowest BCUT2D eigenvalue weighted by molar-refractivity contribution is -0.275. The van der Waals surface area contributed by atoms with E-state index in [4.69, 9.17) is 4.74 Å². The van der Waals surface area contributed by atoms with Gasteiger partial charge in [0.2, 0.25) is 5.88 Å². The van der Waals surface area contributed by atoms with Crippen LogP contribution in [0.5, 0.6) is 11.6 Å². The number of hydrogen-bond acceptors (Lipinski definition) is 3. The summed E-state index contributed by atoms with van der Waals surface area (Å²) in [6, 6.07) is 6.06. The molecule has 1 aromatic carbocycles. The maximum Gasteiger partial charge on any atom is 0.573 e. The highest BCUT2D eigenvalue weighted by Gasteiger charge is 2.32. The molecule has 20 heavy (non-hydrogen) atoms. The van der Waals surface area contributed by atoms with Gasteiger partial charge in [-0.15, -0.1) is 18.3 Å². The van der Waals surface area contributed by atoms with E-state index in [1.165, 1.54) is 12.1 Å². The van der Waals surface area contributed by atoms with Gasteiger partial charge in [-0.2, -0.15) is 0 Å². The number of rotatable bonds is 4. The molecule has 0 radical (unpaired) electrons. The molecule has 0 bridgehead atoms. The molecule has 0 unspecified atom stereocenters. The lowest BCUT2D eigenvalue weighted by atomic mass is 10.2.